The second kappa shape index (κ2) is 8.10. The normalized spacial score (nSPS) is 15.5. The third kappa shape index (κ3) is 4.14. The Morgan fingerprint density at radius 1 is 1.19 bits per heavy atom. The van der Waals surface area contributed by atoms with Crippen LogP contribution in [0.5, 0.6) is 0 Å². The Morgan fingerprint density at radius 2 is 1.81 bits per heavy atom. The van der Waals surface area contributed by atoms with Crippen LogP contribution in [0.1, 0.15) is 28.7 Å². The van der Waals surface area contributed by atoms with Crippen molar-refractivity contribution in [1.29, 1.82) is 0 Å². The van der Waals surface area contributed by atoms with Gasteiger partial charge >= 0.3 is 5.97 Å². The smallest absolute Gasteiger partial charge is 0.338 e. The summed E-state index contributed by atoms with van der Waals surface area (Å²) in [4.78, 5) is 26.3. The van der Waals surface area contributed by atoms with Crippen molar-refractivity contribution < 1.29 is 19.1 Å². The molecule has 2 aromatic rings. The van der Waals surface area contributed by atoms with Gasteiger partial charge < -0.3 is 14.4 Å². The number of amides is 1. The molecule has 0 bridgehead atoms. The van der Waals surface area contributed by atoms with Gasteiger partial charge in [-0.25, -0.2) is 9.48 Å². The van der Waals surface area contributed by atoms with Crippen LogP contribution < -0.4 is 0 Å². The highest BCUT2D eigenvalue weighted by Gasteiger charge is 2.25. The molecule has 0 radical (unpaired) electrons. The zero-order chi connectivity index (χ0) is 19.6. The molecule has 1 atom stereocenters. The Labute approximate surface area is 162 Å². The van der Waals surface area contributed by atoms with Crippen LogP contribution in [0.3, 0.4) is 0 Å². The number of esters is 1. The van der Waals surface area contributed by atoms with Crippen molar-refractivity contribution in [3.8, 4) is 5.69 Å². The maximum absolute atomic E-state index is 12.4. The minimum absolute atomic E-state index is 0.208. The maximum atomic E-state index is 12.4. The Bertz CT molecular complexity index is 841. The monoisotopic (exact) mass is 391 g/mol. The van der Waals surface area contributed by atoms with Gasteiger partial charge in [0.25, 0.3) is 5.91 Å². The largest absolute Gasteiger partial charge is 0.449 e. The van der Waals surface area contributed by atoms with Crippen LogP contribution in [0.15, 0.2) is 24.3 Å². The number of hydrogen-bond acceptors (Lipinski definition) is 5. The topological polar surface area (TPSA) is 73.7 Å². The predicted octanol–water partition coefficient (Wildman–Crippen LogP) is 2.55. The van der Waals surface area contributed by atoms with Crippen LogP contribution in [0.25, 0.3) is 5.69 Å². The molecule has 1 amide bonds. The molecule has 1 aliphatic rings. The quantitative estimate of drug-likeness (QED) is 0.749. The van der Waals surface area contributed by atoms with Gasteiger partial charge in [0.2, 0.25) is 0 Å². The van der Waals surface area contributed by atoms with E-state index in [1.165, 1.54) is 0 Å². The SMILES string of the molecule is Cc1nn(-c2ccc(C(=O)OC(C)C(=O)N3CCOCC3)cc2)c(C)c1Cl. The number of nitrogens with zero attached hydrogens (tertiary/aromatic N) is 3. The summed E-state index contributed by atoms with van der Waals surface area (Å²) in [6.45, 7) is 7.34. The summed E-state index contributed by atoms with van der Waals surface area (Å²) in [5.41, 5.74) is 2.73. The number of carbonyl (C=O) groups excluding carboxylic acids is 2. The van der Waals surface area contributed by atoms with E-state index in [4.69, 9.17) is 21.1 Å². The summed E-state index contributed by atoms with van der Waals surface area (Å²) < 4.78 is 12.3. The molecule has 1 fully saturated rings. The average Bonchev–Trinajstić information content (AvgIpc) is 2.95. The second-order valence-electron chi connectivity index (χ2n) is 6.43. The Balaban J connectivity index is 1.66. The van der Waals surface area contributed by atoms with E-state index in [2.05, 4.69) is 5.10 Å². The fraction of sp³-hybridized carbons (Fsp3) is 0.421. The Hall–Kier alpha value is -2.38. The number of aryl methyl sites for hydroxylation is 1. The van der Waals surface area contributed by atoms with Crippen LogP contribution in [0, 0.1) is 13.8 Å². The molecular formula is C19H22ClN3O4. The highest BCUT2D eigenvalue weighted by molar-refractivity contribution is 6.31. The molecule has 0 N–H and O–H groups in total. The van der Waals surface area contributed by atoms with Gasteiger partial charge in [0.05, 0.1) is 40.9 Å². The number of rotatable bonds is 4. The molecule has 3 rings (SSSR count). The van der Waals surface area contributed by atoms with Crippen molar-refractivity contribution in [3.05, 3.63) is 46.2 Å². The minimum Gasteiger partial charge on any atom is -0.449 e. The molecule has 1 aromatic heterocycles. The van der Waals surface area contributed by atoms with Gasteiger partial charge in [-0.05, 0) is 45.0 Å². The van der Waals surface area contributed by atoms with Crippen LogP contribution in [-0.4, -0.2) is 59.0 Å². The molecular weight excluding hydrogens is 370 g/mol. The number of aromatic nitrogens is 2. The molecule has 0 saturated carbocycles. The van der Waals surface area contributed by atoms with Crippen molar-refractivity contribution in [3.63, 3.8) is 0 Å². The van der Waals surface area contributed by atoms with Crippen LogP contribution in [0.2, 0.25) is 5.02 Å². The van der Waals surface area contributed by atoms with Crippen LogP contribution in [-0.2, 0) is 14.3 Å². The van der Waals surface area contributed by atoms with Gasteiger partial charge in [-0.3, -0.25) is 4.79 Å². The molecule has 7 nitrogen and oxygen atoms in total. The molecule has 1 unspecified atom stereocenters. The molecule has 1 aliphatic heterocycles. The second-order valence-corrected chi connectivity index (χ2v) is 6.81. The molecule has 27 heavy (non-hydrogen) atoms. The molecule has 2 heterocycles. The van der Waals surface area contributed by atoms with Gasteiger partial charge in [-0.15, -0.1) is 0 Å². The van der Waals surface area contributed by atoms with Crippen molar-refractivity contribution in [1.82, 2.24) is 14.7 Å². The highest BCUT2D eigenvalue weighted by atomic mass is 35.5. The van der Waals surface area contributed by atoms with E-state index >= 15 is 0 Å². The first-order valence-corrected chi connectivity index (χ1v) is 9.16. The van der Waals surface area contributed by atoms with Crippen molar-refractivity contribution in [2.75, 3.05) is 26.3 Å². The lowest BCUT2D eigenvalue weighted by molar-refractivity contribution is -0.143. The average molecular weight is 392 g/mol. The lowest BCUT2D eigenvalue weighted by Gasteiger charge is -2.28. The molecule has 1 aromatic carbocycles. The summed E-state index contributed by atoms with van der Waals surface area (Å²) in [6, 6.07) is 6.82. The lowest BCUT2D eigenvalue weighted by atomic mass is 10.2. The zero-order valence-corrected chi connectivity index (χ0v) is 16.3. The van der Waals surface area contributed by atoms with E-state index in [0.717, 1.165) is 17.1 Å². The molecule has 1 saturated heterocycles. The van der Waals surface area contributed by atoms with E-state index in [1.807, 2.05) is 13.8 Å². The Morgan fingerprint density at radius 3 is 2.37 bits per heavy atom. The van der Waals surface area contributed by atoms with Gasteiger partial charge in [0.1, 0.15) is 0 Å². The van der Waals surface area contributed by atoms with E-state index < -0.39 is 12.1 Å². The van der Waals surface area contributed by atoms with Gasteiger partial charge in [0.15, 0.2) is 6.10 Å². The minimum atomic E-state index is -0.843. The predicted molar refractivity (Wildman–Crippen MR) is 100 cm³/mol. The highest BCUT2D eigenvalue weighted by Crippen LogP contribution is 2.22. The first-order valence-electron chi connectivity index (χ1n) is 8.78. The molecule has 144 valence electrons. The fourth-order valence-electron chi connectivity index (χ4n) is 2.93. The number of ether oxygens (including phenoxy) is 2. The summed E-state index contributed by atoms with van der Waals surface area (Å²) >= 11 is 6.18. The van der Waals surface area contributed by atoms with Gasteiger partial charge in [-0.1, -0.05) is 11.6 Å². The molecule has 8 heteroatoms. The third-order valence-electron chi connectivity index (χ3n) is 4.50. The summed E-state index contributed by atoms with van der Waals surface area (Å²) in [5.74, 6) is -0.748. The van der Waals surface area contributed by atoms with Crippen LogP contribution in [0.4, 0.5) is 0 Å². The van der Waals surface area contributed by atoms with Gasteiger partial charge in [0, 0.05) is 13.1 Å². The summed E-state index contributed by atoms with van der Waals surface area (Å²) in [5, 5.41) is 5.01. The van der Waals surface area contributed by atoms with Crippen LogP contribution >= 0.6 is 11.6 Å². The first kappa shape index (κ1) is 19.4. The van der Waals surface area contributed by atoms with E-state index in [-0.39, 0.29) is 5.91 Å². The maximum Gasteiger partial charge on any atom is 0.338 e. The number of morpholine rings is 1. The summed E-state index contributed by atoms with van der Waals surface area (Å²) in [6.07, 6.45) is -0.843. The third-order valence-corrected chi connectivity index (χ3v) is 5.05. The number of hydrogen-bond donors (Lipinski definition) is 0. The number of carbonyl (C=O) groups is 2. The number of benzene rings is 1. The zero-order valence-electron chi connectivity index (χ0n) is 15.6. The lowest BCUT2D eigenvalue weighted by Crippen LogP contribution is -2.46. The van der Waals surface area contributed by atoms with Crippen molar-refractivity contribution in [2.24, 2.45) is 0 Å². The fourth-order valence-corrected chi connectivity index (χ4v) is 3.05. The Kier molecular flexibility index (Phi) is 5.82. The van der Waals surface area contributed by atoms with Crippen molar-refractivity contribution in [2.45, 2.75) is 26.9 Å². The van der Waals surface area contributed by atoms with E-state index in [9.17, 15) is 9.59 Å². The number of halogens is 1. The van der Waals surface area contributed by atoms with Crippen molar-refractivity contribution >= 4 is 23.5 Å². The molecule has 0 aliphatic carbocycles. The first-order chi connectivity index (χ1) is 12.9. The van der Waals surface area contributed by atoms with Gasteiger partial charge in [-0.2, -0.15) is 5.10 Å². The van der Waals surface area contributed by atoms with E-state index in [0.29, 0.717) is 36.9 Å². The van der Waals surface area contributed by atoms with E-state index in [1.54, 1.807) is 40.8 Å². The molecule has 0 spiro atoms. The standard InChI is InChI=1S/C19H22ClN3O4/c1-12-17(20)13(2)23(21-12)16-6-4-15(5-7-16)19(25)27-14(3)18(24)22-8-10-26-11-9-22/h4-7,14H,8-11H2,1-3H3. The summed E-state index contributed by atoms with van der Waals surface area (Å²) in [7, 11) is 0.